The maximum atomic E-state index is 2.65. The first-order valence-corrected chi connectivity index (χ1v) is 25.4. The minimum absolute atomic E-state index is 0.232. The fourth-order valence-corrected chi connectivity index (χ4v) is 13.0. The molecule has 0 amide bonds. The fraction of sp³-hybridized carbons (Fsp3) is 0.138. The van der Waals surface area contributed by atoms with E-state index < -0.39 is 0 Å². The summed E-state index contributed by atoms with van der Waals surface area (Å²) in [7, 11) is 0. The van der Waals surface area contributed by atoms with Gasteiger partial charge in [-0.2, -0.15) is 0 Å². The summed E-state index contributed by atoms with van der Waals surface area (Å²) < 4.78 is 5.08. The second kappa shape index (κ2) is 17.0. The van der Waals surface area contributed by atoms with E-state index in [1.165, 1.54) is 141 Å². The average molecular weight is 893 g/mol. The SMILES string of the molecule is CC1CC=CC(c2cccc3sc4ccccc4c23)=C1N(c1cccc(-c2ccc3c4ccccc4n(-c4ccccc4)c3c2)c1)c1ccccc1-c1cccc2cccc(C3CCCCC3)c12. The first-order chi connectivity index (χ1) is 33.7. The van der Waals surface area contributed by atoms with Crippen LogP contribution in [-0.2, 0) is 0 Å². The van der Waals surface area contributed by atoms with Crippen molar-refractivity contribution in [3.63, 3.8) is 0 Å². The van der Waals surface area contributed by atoms with E-state index in [1.54, 1.807) is 0 Å². The van der Waals surface area contributed by atoms with Crippen LogP contribution in [0.1, 0.15) is 62.5 Å². The molecular weight excluding hydrogens is 841 g/mol. The van der Waals surface area contributed by atoms with Crippen LogP contribution in [0, 0.1) is 5.92 Å². The van der Waals surface area contributed by atoms with Crippen LogP contribution in [0.2, 0.25) is 0 Å². The lowest BCUT2D eigenvalue weighted by Gasteiger charge is -2.36. The Hall–Kier alpha value is -7.46. The van der Waals surface area contributed by atoms with Crippen molar-refractivity contribution in [3.05, 3.63) is 229 Å². The number of hydrogen-bond donors (Lipinski definition) is 0. The molecule has 0 N–H and O–H groups in total. The van der Waals surface area contributed by atoms with Gasteiger partial charge in [0.2, 0.25) is 0 Å². The quantitative estimate of drug-likeness (QED) is 0.148. The standard InChI is InChI=1S/C65H52N2S/c1-43-19-14-34-56(55-33-18-38-62-64(55)57-30-10-13-37-61(57)68-62)65(43)67(59-36-12-9-29-52(59)54-32-17-23-45-22-16-31-50(63(45)54)44-20-4-2-5-21-44)49-27-15-24-46(41-49)47-39-40-53-51-28-8-11-35-58(51)66(60(53)42-47)48-25-6-3-7-26-48/h3,6-18,22-44H,2,4-5,19-21H2,1H3. The predicted octanol–water partition coefficient (Wildman–Crippen LogP) is 18.8. The van der Waals surface area contributed by atoms with Crippen molar-refractivity contribution < 1.29 is 0 Å². The van der Waals surface area contributed by atoms with Gasteiger partial charge in [-0.05, 0) is 118 Å². The molecule has 2 nitrogen and oxygen atoms in total. The Bertz CT molecular complexity index is 3780. The summed E-state index contributed by atoms with van der Waals surface area (Å²) in [5.41, 5.74) is 16.3. The van der Waals surface area contributed by atoms with Crippen LogP contribution >= 0.6 is 11.3 Å². The van der Waals surface area contributed by atoms with Crippen molar-refractivity contribution in [2.75, 3.05) is 4.90 Å². The molecule has 1 fully saturated rings. The van der Waals surface area contributed by atoms with Crippen LogP contribution in [-0.4, -0.2) is 4.57 Å². The first kappa shape index (κ1) is 40.8. The molecule has 2 aliphatic carbocycles. The van der Waals surface area contributed by atoms with Gasteiger partial charge in [0, 0.05) is 65.1 Å². The number of thiophene rings is 1. The maximum Gasteiger partial charge on any atom is 0.0547 e. The van der Waals surface area contributed by atoms with Crippen molar-refractivity contribution in [1.82, 2.24) is 4.57 Å². The highest BCUT2D eigenvalue weighted by Gasteiger charge is 2.30. The number of benzene rings is 9. The van der Waals surface area contributed by atoms with Gasteiger partial charge in [-0.15, -0.1) is 11.3 Å². The van der Waals surface area contributed by atoms with Crippen molar-refractivity contribution >= 4 is 81.0 Å². The topological polar surface area (TPSA) is 8.17 Å². The summed E-state index contributed by atoms with van der Waals surface area (Å²) in [4.78, 5) is 2.65. The lowest BCUT2D eigenvalue weighted by Crippen LogP contribution is -2.25. The summed E-state index contributed by atoms with van der Waals surface area (Å²) in [6, 6.07) is 75.2. The Kier molecular flexibility index (Phi) is 10.2. The summed E-state index contributed by atoms with van der Waals surface area (Å²) in [5, 5.41) is 7.92. The summed E-state index contributed by atoms with van der Waals surface area (Å²) in [6.45, 7) is 2.43. The summed E-state index contributed by atoms with van der Waals surface area (Å²) >= 11 is 1.90. The number of hydrogen-bond acceptors (Lipinski definition) is 2. The first-order valence-electron chi connectivity index (χ1n) is 24.6. The van der Waals surface area contributed by atoms with Crippen molar-refractivity contribution in [2.45, 2.75) is 51.4 Å². The van der Waals surface area contributed by atoms with Crippen LogP contribution in [0.15, 0.2) is 218 Å². The number of anilines is 2. The molecule has 11 aromatic rings. The average Bonchev–Trinajstić information content (AvgIpc) is 3.95. The molecule has 13 rings (SSSR count). The number of fused-ring (bicyclic) bond motifs is 7. The molecule has 0 bridgehead atoms. The van der Waals surface area contributed by atoms with Crippen molar-refractivity contribution in [1.29, 1.82) is 0 Å². The molecule has 9 aromatic carbocycles. The Morgan fingerprint density at radius 2 is 1.21 bits per heavy atom. The van der Waals surface area contributed by atoms with Gasteiger partial charge < -0.3 is 9.47 Å². The number of aromatic nitrogens is 1. The van der Waals surface area contributed by atoms with Crippen molar-refractivity contribution in [3.8, 4) is 27.9 Å². The summed E-state index contributed by atoms with van der Waals surface area (Å²) in [5.74, 6) is 0.806. The number of allylic oxidation sites excluding steroid dienone is 4. The Balaban J connectivity index is 1.07. The van der Waals surface area contributed by atoms with Crippen LogP contribution in [0.4, 0.5) is 11.4 Å². The second-order valence-electron chi connectivity index (χ2n) is 19.0. The van der Waals surface area contributed by atoms with E-state index in [0.29, 0.717) is 5.92 Å². The van der Waals surface area contributed by atoms with Gasteiger partial charge in [0.1, 0.15) is 0 Å². The Labute approximate surface area is 402 Å². The largest absolute Gasteiger partial charge is 0.313 e. The van der Waals surface area contributed by atoms with Gasteiger partial charge in [-0.1, -0.05) is 184 Å². The highest BCUT2D eigenvalue weighted by molar-refractivity contribution is 7.25. The highest BCUT2D eigenvalue weighted by atomic mass is 32.1. The summed E-state index contributed by atoms with van der Waals surface area (Å²) in [6.07, 6.45) is 12.3. The van der Waals surface area contributed by atoms with Gasteiger partial charge in [-0.3, -0.25) is 0 Å². The van der Waals surface area contributed by atoms with Gasteiger partial charge in [0.05, 0.1) is 16.7 Å². The van der Waals surface area contributed by atoms with Crippen LogP contribution in [0.3, 0.4) is 0 Å². The Morgan fingerprint density at radius 1 is 0.515 bits per heavy atom. The van der Waals surface area contributed by atoms with E-state index >= 15 is 0 Å². The normalized spacial score (nSPS) is 15.6. The van der Waals surface area contributed by atoms with E-state index in [1.807, 2.05) is 11.3 Å². The van der Waals surface area contributed by atoms with Crippen LogP contribution < -0.4 is 4.90 Å². The van der Waals surface area contributed by atoms with Gasteiger partial charge in [0.25, 0.3) is 0 Å². The molecule has 1 saturated carbocycles. The molecular formula is C65H52N2S. The molecule has 2 heterocycles. The van der Waals surface area contributed by atoms with Gasteiger partial charge in [0.15, 0.2) is 0 Å². The molecule has 68 heavy (non-hydrogen) atoms. The lowest BCUT2D eigenvalue weighted by atomic mass is 9.80. The zero-order valence-corrected chi connectivity index (χ0v) is 39.2. The van der Waals surface area contributed by atoms with E-state index in [-0.39, 0.29) is 5.92 Å². The van der Waals surface area contributed by atoms with Crippen molar-refractivity contribution in [2.24, 2.45) is 5.92 Å². The van der Waals surface area contributed by atoms with E-state index in [2.05, 4.69) is 229 Å². The molecule has 0 saturated heterocycles. The van der Waals surface area contributed by atoms with E-state index in [0.717, 1.165) is 12.1 Å². The maximum absolute atomic E-state index is 2.65. The molecule has 328 valence electrons. The fourth-order valence-electron chi connectivity index (χ4n) is 11.9. The molecule has 3 heteroatoms. The van der Waals surface area contributed by atoms with E-state index in [9.17, 15) is 0 Å². The third-order valence-electron chi connectivity index (χ3n) is 15.0. The minimum Gasteiger partial charge on any atom is -0.313 e. The molecule has 2 aliphatic rings. The molecule has 1 atom stereocenters. The molecule has 1 unspecified atom stereocenters. The number of para-hydroxylation sites is 3. The van der Waals surface area contributed by atoms with Gasteiger partial charge in [-0.25, -0.2) is 0 Å². The Morgan fingerprint density at radius 3 is 2.10 bits per heavy atom. The zero-order valence-electron chi connectivity index (χ0n) is 38.4. The highest BCUT2D eigenvalue weighted by Crippen LogP contribution is 2.50. The second-order valence-corrected chi connectivity index (χ2v) is 20.1. The minimum atomic E-state index is 0.232. The number of rotatable bonds is 8. The lowest BCUT2D eigenvalue weighted by molar-refractivity contribution is 0.445. The van der Waals surface area contributed by atoms with E-state index in [4.69, 9.17) is 0 Å². The molecule has 0 spiro atoms. The smallest absolute Gasteiger partial charge is 0.0547 e. The monoisotopic (exact) mass is 892 g/mol. The van der Waals surface area contributed by atoms with Crippen LogP contribution in [0.25, 0.3) is 86.3 Å². The molecule has 2 aromatic heterocycles. The third-order valence-corrected chi connectivity index (χ3v) is 16.1. The molecule has 0 aliphatic heterocycles. The van der Waals surface area contributed by atoms with Crippen LogP contribution in [0.5, 0.6) is 0 Å². The molecule has 0 radical (unpaired) electrons. The predicted molar refractivity (Wildman–Crippen MR) is 293 cm³/mol. The van der Waals surface area contributed by atoms with Gasteiger partial charge >= 0.3 is 0 Å². The zero-order chi connectivity index (χ0) is 45.1. The third kappa shape index (κ3) is 6.82. The number of nitrogens with zero attached hydrogens (tertiary/aromatic N) is 2.